The van der Waals surface area contributed by atoms with Gasteiger partial charge in [0, 0.05) is 6.54 Å². The molecule has 3 aliphatic rings. The second-order valence-electron chi connectivity index (χ2n) is 5.59. The Morgan fingerprint density at radius 3 is 2.74 bits per heavy atom. The number of piperazine rings is 1. The van der Waals surface area contributed by atoms with E-state index in [1.54, 1.807) is 4.90 Å². The molecular formula is C13H20N2O4. The first-order chi connectivity index (χ1) is 9.20. The zero-order valence-corrected chi connectivity index (χ0v) is 11.0. The van der Waals surface area contributed by atoms with Crippen molar-refractivity contribution in [2.45, 2.75) is 37.3 Å². The van der Waals surface area contributed by atoms with Gasteiger partial charge in [-0.1, -0.05) is 12.8 Å². The van der Waals surface area contributed by atoms with Gasteiger partial charge >= 0.3 is 0 Å². The summed E-state index contributed by atoms with van der Waals surface area (Å²) in [6.07, 6.45) is 3.42. The normalized spacial score (nSPS) is 30.7. The average Bonchev–Trinajstić information content (AvgIpc) is 2.86. The number of ether oxygens (including phenoxy) is 2. The Labute approximate surface area is 112 Å². The van der Waals surface area contributed by atoms with Crippen molar-refractivity contribution in [2.75, 3.05) is 32.9 Å². The van der Waals surface area contributed by atoms with Gasteiger partial charge in [-0.3, -0.25) is 9.59 Å². The maximum Gasteiger partial charge on any atom is 0.248 e. The van der Waals surface area contributed by atoms with Crippen LogP contribution in [-0.2, 0) is 19.1 Å². The van der Waals surface area contributed by atoms with Crippen LogP contribution in [0.5, 0.6) is 0 Å². The molecule has 0 bridgehead atoms. The summed E-state index contributed by atoms with van der Waals surface area (Å²) < 4.78 is 10.9. The summed E-state index contributed by atoms with van der Waals surface area (Å²) in [6, 6.07) is 0. The molecule has 1 unspecified atom stereocenters. The maximum absolute atomic E-state index is 12.6. The summed E-state index contributed by atoms with van der Waals surface area (Å²) in [6.45, 7) is 2.26. The number of carbonyl (C=O) groups excluding carboxylic acids is 2. The second kappa shape index (κ2) is 5.09. The SMILES string of the molecule is O=C1CN(CC2COCCO2)C(=O)C2(CCCC2)N1. The van der Waals surface area contributed by atoms with Crippen molar-refractivity contribution in [3.8, 4) is 0 Å². The van der Waals surface area contributed by atoms with Gasteiger partial charge in [0.05, 0.1) is 32.5 Å². The van der Waals surface area contributed by atoms with E-state index in [0.29, 0.717) is 26.4 Å². The first-order valence-corrected chi connectivity index (χ1v) is 6.99. The first kappa shape index (κ1) is 12.9. The molecule has 0 aromatic heterocycles. The van der Waals surface area contributed by atoms with Crippen molar-refractivity contribution in [1.82, 2.24) is 10.2 Å². The average molecular weight is 268 g/mol. The molecule has 1 atom stereocenters. The van der Waals surface area contributed by atoms with Gasteiger partial charge in [0.2, 0.25) is 11.8 Å². The van der Waals surface area contributed by atoms with Gasteiger partial charge in [-0.2, -0.15) is 0 Å². The van der Waals surface area contributed by atoms with Crippen LogP contribution in [-0.4, -0.2) is 61.3 Å². The number of nitrogens with zero attached hydrogens (tertiary/aromatic N) is 1. The van der Waals surface area contributed by atoms with Crippen LogP contribution in [0.4, 0.5) is 0 Å². The molecule has 106 valence electrons. The molecule has 2 amide bonds. The van der Waals surface area contributed by atoms with Crippen molar-refractivity contribution in [2.24, 2.45) is 0 Å². The maximum atomic E-state index is 12.6. The fourth-order valence-corrected chi connectivity index (χ4v) is 3.26. The topological polar surface area (TPSA) is 67.9 Å². The summed E-state index contributed by atoms with van der Waals surface area (Å²) >= 11 is 0. The highest BCUT2D eigenvalue weighted by atomic mass is 16.6. The van der Waals surface area contributed by atoms with Gasteiger partial charge in [-0.15, -0.1) is 0 Å². The number of hydrogen-bond donors (Lipinski definition) is 1. The lowest BCUT2D eigenvalue weighted by Crippen LogP contribution is -2.66. The standard InChI is InChI=1S/C13H20N2O4/c16-11-8-15(7-10-9-18-5-6-19-10)12(17)13(14-11)3-1-2-4-13/h10H,1-9H2,(H,14,16). The van der Waals surface area contributed by atoms with Crippen LogP contribution >= 0.6 is 0 Å². The van der Waals surface area contributed by atoms with E-state index in [0.717, 1.165) is 25.7 Å². The Morgan fingerprint density at radius 1 is 1.26 bits per heavy atom. The molecule has 1 spiro atoms. The third-order valence-corrected chi connectivity index (χ3v) is 4.18. The van der Waals surface area contributed by atoms with Gasteiger partial charge in [0.15, 0.2) is 0 Å². The van der Waals surface area contributed by atoms with Gasteiger partial charge in [-0.05, 0) is 12.8 Å². The molecule has 0 aromatic rings. The lowest BCUT2D eigenvalue weighted by atomic mass is 9.93. The molecule has 3 fully saturated rings. The van der Waals surface area contributed by atoms with E-state index in [4.69, 9.17) is 9.47 Å². The molecule has 6 heteroatoms. The zero-order valence-electron chi connectivity index (χ0n) is 11.0. The lowest BCUT2D eigenvalue weighted by molar-refractivity contribution is -0.155. The Bertz CT molecular complexity index is 373. The van der Waals surface area contributed by atoms with Crippen LogP contribution < -0.4 is 5.32 Å². The predicted octanol–water partition coefficient (Wildman–Crippen LogP) is -0.327. The van der Waals surface area contributed by atoms with Crippen LogP contribution in [0.1, 0.15) is 25.7 Å². The molecule has 0 aromatic carbocycles. The first-order valence-electron chi connectivity index (χ1n) is 6.99. The Hall–Kier alpha value is -1.14. The van der Waals surface area contributed by atoms with E-state index >= 15 is 0 Å². The van der Waals surface area contributed by atoms with E-state index in [2.05, 4.69) is 5.32 Å². The summed E-state index contributed by atoms with van der Waals surface area (Å²) in [4.78, 5) is 26.1. The Morgan fingerprint density at radius 2 is 2.05 bits per heavy atom. The highest BCUT2D eigenvalue weighted by Crippen LogP contribution is 2.33. The zero-order chi connectivity index (χ0) is 13.3. The third-order valence-electron chi connectivity index (χ3n) is 4.18. The highest BCUT2D eigenvalue weighted by Gasteiger charge is 2.48. The minimum absolute atomic E-state index is 0.0544. The number of hydrogen-bond acceptors (Lipinski definition) is 4. The summed E-state index contributed by atoms with van der Waals surface area (Å²) in [5, 5.41) is 2.91. The minimum Gasteiger partial charge on any atom is -0.376 e. The molecule has 3 rings (SSSR count). The quantitative estimate of drug-likeness (QED) is 0.745. The van der Waals surface area contributed by atoms with Crippen LogP contribution in [0.25, 0.3) is 0 Å². The fourth-order valence-electron chi connectivity index (χ4n) is 3.26. The summed E-state index contributed by atoms with van der Waals surface area (Å²) in [5.41, 5.74) is -0.634. The number of nitrogens with one attached hydrogen (secondary N) is 1. The molecule has 6 nitrogen and oxygen atoms in total. The Kier molecular flexibility index (Phi) is 3.45. The van der Waals surface area contributed by atoms with Crippen molar-refractivity contribution in [3.05, 3.63) is 0 Å². The molecule has 0 radical (unpaired) electrons. The van der Waals surface area contributed by atoms with Crippen molar-refractivity contribution in [1.29, 1.82) is 0 Å². The fraction of sp³-hybridized carbons (Fsp3) is 0.846. The number of amides is 2. The Balaban J connectivity index is 1.69. The monoisotopic (exact) mass is 268 g/mol. The highest BCUT2D eigenvalue weighted by molar-refractivity contribution is 5.98. The van der Waals surface area contributed by atoms with Crippen molar-refractivity contribution < 1.29 is 19.1 Å². The molecule has 2 saturated heterocycles. The van der Waals surface area contributed by atoms with E-state index in [9.17, 15) is 9.59 Å². The predicted molar refractivity (Wildman–Crippen MR) is 66.5 cm³/mol. The van der Waals surface area contributed by atoms with E-state index in [1.165, 1.54) is 0 Å². The summed E-state index contributed by atoms with van der Waals surface area (Å²) in [7, 11) is 0. The minimum atomic E-state index is -0.634. The van der Waals surface area contributed by atoms with Crippen molar-refractivity contribution >= 4 is 11.8 Å². The van der Waals surface area contributed by atoms with Crippen LogP contribution in [0, 0.1) is 0 Å². The van der Waals surface area contributed by atoms with E-state index < -0.39 is 5.54 Å². The molecule has 2 aliphatic heterocycles. The van der Waals surface area contributed by atoms with Gasteiger partial charge in [0.25, 0.3) is 0 Å². The second-order valence-corrected chi connectivity index (χ2v) is 5.59. The van der Waals surface area contributed by atoms with E-state index in [1.807, 2.05) is 0 Å². The number of carbonyl (C=O) groups is 2. The molecule has 1 N–H and O–H groups in total. The molecule has 19 heavy (non-hydrogen) atoms. The molecule has 1 aliphatic carbocycles. The van der Waals surface area contributed by atoms with Crippen LogP contribution in [0.2, 0.25) is 0 Å². The lowest BCUT2D eigenvalue weighted by Gasteiger charge is -2.41. The van der Waals surface area contributed by atoms with Crippen LogP contribution in [0.15, 0.2) is 0 Å². The van der Waals surface area contributed by atoms with Gasteiger partial charge in [0.1, 0.15) is 5.54 Å². The van der Waals surface area contributed by atoms with E-state index in [-0.39, 0.29) is 24.5 Å². The molecule has 1 saturated carbocycles. The summed E-state index contributed by atoms with van der Waals surface area (Å²) in [5.74, 6) is -0.00278. The van der Waals surface area contributed by atoms with Crippen LogP contribution in [0.3, 0.4) is 0 Å². The van der Waals surface area contributed by atoms with Gasteiger partial charge in [-0.25, -0.2) is 0 Å². The molecular weight excluding hydrogens is 248 g/mol. The largest absolute Gasteiger partial charge is 0.376 e. The third kappa shape index (κ3) is 2.47. The smallest absolute Gasteiger partial charge is 0.248 e. The molecule has 2 heterocycles. The van der Waals surface area contributed by atoms with Gasteiger partial charge < -0.3 is 19.7 Å². The number of rotatable bonds is 2. The van der Waals surface area contributed by atoms with Crippen molar-refractivity contribution in [3.63, 3.8) is 0 Å².